The lowest BCUT2D eigenvalue weighted by Gasteiger charge is -2.03. The number of rotatable bonds is 4. The molecule has 6 nitrogen and oxygen atoms in total. The van der Waals surface area contributed by atoms with Crippen molar-refractivity contribution in [3.63, 3.8) is 0 Å². The number of amides is 1. The predicted molar refractivity (Wildman–Crippen MR) is 80.5 cm³/mol. The molecule has 0 aliphatic rings. The van der Waals surface area contributed by atoms with Crippen molar-refractivity contribution < 1.29 is 4.79 Å². The molecule has 20 heavy (non-hydrogen) atoms. The van der Waals surface area contributed by atoms with Gasteiger partial charge in [-0.2, -0.15) is 0 Å². The topological polar surface area (TPSA) is 101 Å². The third kappa shape index (κ3) is 2.59. The summed E-state index contributed by atoms with van der Waals surface area (Å²) in [5.74, 6) is 0.558. The van der Waals surface area contributed by atoms with Gasteiger partial charge in [0.25, 0.3) is 11.5 Å². The molecule has 0 unspecified atom stereocenters. The highest BCUT2D eigenvalue weighted by atomic mass is 32.1. The zero-order valence-electron chi connectivity index (χ0n) is 11.7. The highest BCUT2D eigenvalue weighted by Gasteiger charge is 2.19. The molecule has 0 aliphatic carbocycles. The predicted octanol–water partition coefficient (Wildman–Crippen LogP) is 1.10. The van der Waals surface area contributed by atoms with E-state index in [1.807, 2.05) is 13.8 Å². The lowest BCUT2D eigenvalue weighted by atomic mass is 10.2. The van der Waals surface area contributed by atoms with E-state index in [0.29, 0.717) is 39.6 Å². The van der Waals surface area contributed by atoms with Crippen molar-refractivity contribution in [2.24, 2.45) is 5.73 Å². The molecule has 1 amide bonds. The number of aromatic amines is 1. The summed E-state index contributed by atoms with van der Waals surface area (Å²) in [6.45, 7) is 6.47. The molecule has 7 heteroatoms. The summed E-state index contributed by atoms with van der Waals surface area (Å²) in [6, 6.07) is 0. The Hall–Kier alpha value is -1.73. The average Bonchev–Trinajstić information content (AvgIpc) is 2.73. The van der Waals surface area contributed by atoms with E-state index in [4.69, 9.17) is 5.73 Å². The Morgan fingerprint density at radius 1 is 1.50 bits per heavy atom. The van der Waals surface area contributed by atoms with Crippen molar-refractivity contribution >= 4 is 27.5 Å². The van der Waals surface area contributed by atoms with Crippen molar-refractivity contribution in [1.29, 1.82) is 0 Å². The monoisotopic (exact) mass is 294 g/mol. The Bertz CT molecular complexity index is 702. The molecule has 0 saturated carbocycles. The zero-order chi connectivity index (χ0) is 14.9. The van der Waals surface area contributed by atoms with Crippen LogP contribution in [0.3, 0.4) is 0 Å². The van der Waals surface area contributed by atoms with Crippen molar-refractivity contribution in [1.82, 2.24) is 15.3 Å². The quantitative estimate of drug-likeness (QED) is 0.786. The number of aryl methyl sites for hydroxylation is 1. The van der Waals surface area contributed by atoms with Gasteiger partial charge in [-0.15, -0.1) is 11.3 Å². The van der Waals surface area contributed by atoms with Crippen LogP contribution in [-0.4, -0.2) is 29.0 Å². The van der Waals surface area contributed by atoms with E-state index in [1.54, 1.807) is 6.92 Å². The zero-order valence-corrected chi connectivity index (χ0v) is 12.6. The molecule has 108 valence electrons. The number of fused-ring (bicyclic) bond motifs is 1. The fourth-order valence-corrected chi connectivity index (χ4v) is 3.02. The van der Waals surface area contributed by atoms with Gasteiger partial charge in [0.05, 0.1) is 10.3 Å². The summed E-state index contributed by atoms with van der Waals surface area (Å²) < 4.78 is 0. The first kappa shape index (κ1) is 14.7. The van der Waals surface area contributed by atoms with Crippen molar-refractivity contribution in [3.8, 4) is 0 Å². The van der Waals surface area contributed by atoms with Crippen LogP contribution in [0.5, 0.6) is 0 Å². The van der Waals surface area contributed by atoms with Crippen LogP contribution >= 0.6 is 11.3 Å². The summed E-state index contributed by atoms with van der Waals surface area (Å²) in [5.41, 5.74) is 5.85. The minimum atomic E-state index is -0.207. The highest BCUT2D eigenvalue weighted by Crippen LogP contribution is 2.27. The third-order valence-corrected chi connectivity index (χ3v) is 4.19. The van der Waals surface area contributed by atoms with E-state index in [0.717, 1.165) is 0 Å². The highest BCUT2D eigenvalue weighted by molar-refractivity contribution is 7.20. The Morgan fingerprint density at radius 2 is 2.20 bits per heavy atom. The van der Waals surface area contributed by atoms with Gasteiger partial charge in [0.2, 0.25) is 0 Å². The fraction of sp³-hybridized carbons (Fsp3) is 0.462. The van der Waals surface area contributed by atoms with Crippen molar-refractivity contribution in [3.05, 3.63) is 26.6 Å². The van der Waals surface area contributed by atoms with Crippen LogP contribution in [-0.2, 0) is 0 Å². The largest absolute Gasteiger partial charge is 0.350 e. The number of thiophene rings is 1. The summed E-state index contributed by atoms with van der Waals surface area (Å²) in [4.78, 5) is 32.5. The normalized spacial score (nSPS) is 11.2. The molecule has 2 heterocycles. The van der Waals surface area contributed by atoms with Crippen molar-refractivity contribution in [2.75, 3.05) is 13.1 Å². The fourth-order valence-electron chi connectivity index (χ4n) is 1.92. The van der Waals surface area contributed by atoms with Crippen LogP contribution in [0.4, 0.5) is 0 Å². The smallest absolute Gasteiger partial charge is 0.261 e. The van der Waals surface area contributed by atoms with Crippen LogP contribution in [0.1, 0.15) is 40.8 Å². The Labute approximate surface area is 120 Å². The maximum Gasteiger partial charge on any atom is 0.261 e. The number of carbonyl (C=O) groups excluding carboxylic acids is 1. The maximum absolute atomic E-state index is 12.1. The van der Waals surface area contributed by atoms with E-state index in [1.165, 1.54) is 11.3 Å². The van der Waals surface area contributed by atoms with E-state index < -0.39 is 0 Å². The summed E-state index contributed by atoms with van der Waals surface area (Å²) in [6.07, 6.45) is 0. The minimum Gasteiger partial charge on any atom is -0.350 e. The molecule has 0 atom stereocenters. The number of hydrogen-bond donors (Lipinski definition) is 3. The number of nitrogens with one attached hydrogen (secondary N) is 2. The molecular formula is C13H18N4O2S. The maximum atomic E-state index is 12.1. The second-order valence-corrected chi connectivity index (χ2v) is 5.89. The Morgan fingerprint density at radius 3 is 2.80 bits per heavy atom. The lowest BCUT2D eigenvalue weighted by Crippen LogP contribution is -2.28. The molecule has 0 aliphatic heterocycles. The average molecular weight is 294 g/mol. The molecule has 4 N–H and O–H groups in total. The van der Waals surface area contributed by atoms with Gasteiger partial charge in [0.15, 0.2) is 0 Å². The van der Waals surface area contributed by atoms with Gasteiger partial charge in [-0.1, -0.05) is 13.8 Å². The molecule has 0 aromatic carbocycles. The van der Waals surface area contributed by atoms with Gasteiger partial charge in [-0.25, -0.2) is 4.98 Å². The number of hydrogen-bond acceptors (Lipinski definition) is 5. The summed E-state index contributed by atoms with van der Waals surface area (Å²) in [5, 5.41) is 3.21. The van der Waals surface area contributed by atoms with Crippen molar-refractivity contribution in [2.45, 2.75) is 26.7 Å². The van der Waals surface area contributed by atoms with Crippen LogP contribution in [0.25, 0.3) is 10.2 Å². The first-order chi connectivity index (χ1) is 9.45. The Kier molecular flexibility index (Phi) is 4.20. The molecular weight excluding hydrogens is 276 g/mol. The third-order valence-electron chi connectivity index (χ3n) is 3.00. The van der Waals surface area contributed by atoms with E-state index in [-0.39, 0.29) is 17.4 Å². The lowest BCUT2D eigenvalue weighted by molar-refractivity contribution is 0.0958. The van der Waals surface area contributed by atoms with E-state index in [9.17, 15) is 9.59 Å². The van der Waals surface area contributed by atoms with Crippen LogP contribution in [0.15, 0.2) is 4.79 Å². The number of nitrogens with zero attached hydrogens (tertiary/aromatic N) is 1. The first-order valence-corrected chi connectivity index (χ1v) is 7.29. The minimum absolute atomic E-state index is 0.129. The second-order valence-electron chi connectivity index (χ2n) is 4.89. The molecule has 0 saturated heterocycles. The van der Waals surface area contributed by atoms with Crippen LogP contribution in [0.2, 0.25) is 0 Å². The second kappa shape index (κ2) is 5.72. The first-order valence-electron chi connectivity index (χ1n) is 6.47. The number of aromatic nitrogens is 2. The molecule has 0 spiro atoms. The van der Waals surface area contributed by atoms with Crippen LogP contribution in [0, 0.1) is 6.92 Å². The van der Waals surface area contributed by atoms with Gasteiger partial charge >= 0.3 is 0 Å². The molecule has 0 bridgehead atoms. The summed E-state index contributed by atoms with van der Waals surface area (Å²) in [7, 11) is 0. The van der Waals surface area contributed by atoms with E-state index in [2.05, 4.69) is 15.3 Å². The summed E-state index contributed by atoms with van der Waals surface area (Å²) >= 11 is 1.24. The van der Waals surface area contributed by atoms with Gasteiger partial charge < -0.3 is 16.0 Å². The standard InChI is InChI=1S/C13H18N4O2S/c1-6(2)10-16-11(18)8-7(3)9(20-13(8)17-10)12(19)15-5-4-14/h6H,4-5,14H2,1-3H3,(H,15,19)(H,16,17,18). The van der Waals surface area contributed by atoms with Gasteiger partial charge in [0.1, 0.15) is 10.7 Å². The van der Waals surface area contributed by atoms with Gasteiger partial charge in [0, 0.05) is 19.0 Å². The SMILES string of the molecule is Cc1c(C(=O)NCCN)sc2nc(C(C)C)[nH]c(=O)c12. The number of carbonyl (C=O) groups is 1. The molecule has 0 radical (unpaired) electrons. The molecule has 0 fully saturated rings. The molecule has 2 aromatic heterocycles. The van der Waals surface area contributed by atoms with Crippen LogP contribution < -0.4 is 16.6 Å². The Balaban J connectivity index is 2.55. The van der Waals surface area contributed by atoms with Gasteiger partial charge in [-0.05, 0) is 12.5 Å². The van der Waals surface area contributed by atoms with E-state index >= 15 is 0 Å². The van der Waals surface area contributed by atoms with Gasteiger partial charge in [-0.3, -0.25) is 9.59 Å². The number of nitrogens with two attached hydrogens (primary N) is 1. The molecule has 2 aromatic rings. The number of H-pyrrole nitrogens is 1. The molecule has 2 rings (SSSR count).